The zero-order valence-corrected chi connectivity index (χ0v) is 16.8. The first-order chi connectivity index (χ1) is 13.6. The molecule has 0 aliphatic carbocycles. The number of aromatic nitrogens is 3. The number of carbonyl (C=O) groups is 1. The van der Waals surface area contributed by atoms with Gasteiger partial charge in [0.1, 0.15) is 5.76 Å². The zero-order chi connectivity index (χ0) is 21.8. The van der Waals surface area contributed by atoms with Gasteiger partial charge in [0.2, 0.25) is 0 Å². The lowest BCUT2D eigenvalue weighted by Gasteiger charge is -2.32. The first kappa shape index (κ1) is 22.9. The van der Waals surface area contributed by atoms with Crippen LogP contribution in [0.2, 0.25) is 0 Å². The highest BCUT2D eigenvalue weighted by Crippen LogP contribution is 2.30. The molecule has 0 amide bonds. The predicted molar refractivity (Wildman–Crippen MR) is 96.3 cm³/mol. The van der Waals surface area contributed by atoms with Gasteiger partial charge in [-0.05, 0) is 20.8 Å². The molecule has 162 valence electrons. The lowest BCUT2D eigenvalue weighted by Crippen LogP contribution is -2.35. The number of methoxy groups -OCH3 is 1. The zero-order valence-electron chi connectivity index (χ0n) is 16.8. The summed E-state index contributed by atoms with van der Waals surface area (Å²) in [7, 11) is 1.76. The molecule has 1 unspecified atom stereocenters. The van der Waals surface area contributed by atoms with Crippen molar-refractivity contribution < 1.29 is 32.3 Å². The summed E-state index contributed by atoms with van der Waals surface area (Å²) in [6.07, 6.45) is -3.07. The fraction of sp³-hybridized carbons (Fsp3) is 0.611. The Morgan fingerprint density at radius 2 is 2.07 bits per heavy atom. The lowest BCUT2D eigenvalue weighted by atomic mass is 9.95. The van der Waals surface area contributed by atoms with Gasteiger partial charge in [-0.2, -0.15) is 18.3 Å². The van der Waals surface area contributed by atoms with Gasteiger partial charge >= 0.3 is 12.1 Å². The average Bonchev–Trinajstić information content (AvgIpc) is 3.20. The summed E-state index contributed by atoms with van der Waals surface area (Å²) in [4.78, 5) is 11.3. The Morgan fingerprint density at radius 3 is 2.55 bits per heavy atom. The fourth-order valence-electron chi connectivity index (χ4n) is 3.31. The molecule has 1 aliphatic rings. The summed E-state index contributed by atoms with van der Waals surface area (Å²) >= 11 is 0. The molecule has 0 radical (unpaired) electrons. The molecule has 0 saturated heterocycles. The van der Waals surface area contributed by atoms with Crippen molar-refractivity contribution in [2.75, 3.05) is 20.3 Å². The summed E-state index contributed by atoms with van der Waals surface area (Å²) in [5.74, 6) is -1.47. The lowest BCUT2D eigenvalue weighted by molar-refractivity contribution is -0.192. The third-order valence-corrected chi connectivity index (χ3v) is 4.75. The van der Waals surface area contributed by atoms with E-state index in [1.807, 2.05) is 20.0 Å². The van der Waals surface area contributed by atoms with Crippen molar-refractivity contribution in [1.29, 1.82) is 0 Å². The predicted octanol–water partition coefficient (Wildman–Crippen LogP) is 2.89. The summed E-state index contributed by atoms with van der Waals surface area (Å²) in [5, 5.41) is 15.7. The highest BCUT2D eigenvalue weighted by atomic mass is 19.4. The average molecular weight is 418 g/mol. The van der Waals surface area contributed by atoms with Crippen LogP contribution in [0.15, 0.2) is 10.7 Å². The van der Waals surface area contributed by atoms with Crippen molar-refractivity contribution in [3.05, 3.63) is 34.5 Å². The highest BCUT2D eigenvalue weighted by Gasteiger charge is 2.38. The largest absolute Gasteiger partial charge is 0.490 e. The molecule has 3 heterocycles. The first-order valence-corrected chi connectivity index (χ1v) is 9.06. The molecular formula is C18H25F3N4O4. The molecule has 1 aliphatic heterocycles. The molecule has 0 spiro atoms. The van der Waals surface area contributed by atoms with Gasteiger partial charge in [-0.15, -0.1) is 0 Å². The van der Waals surface area contributed by atoms with E-state index in [0.29, 0.717) is 5.92 Å². The van der Waals surface area contributed by atoms with Crippen molar-refractivity contribution in [2.45, 2.75) is 52.5 Å². The molecule has 11 heteroatoms. The van der Waals surface area contributed by atoms with Crippen LogP contribution in [0.5, 0.6) is 0 Å². The maximum absolute atomic E-state index is 10.6. The van der Waals surface area contributed by atoms with Gasteiger partial charge in [-0.25, -0.2) is 4.79 Å². The van der Waals surface area contributed by atoms with E-state index in [2.05, 4.69) is 26.8 Å². The summed E-state index contributed by atoms with van der Waals surface area (Å²) in [6, 6.07) is 0. The Kier molecular flexibility index (Phi) is 7.42. The van der Waals surface area contributed by atoms with Crippen LogP contribution in [-0.2, 0) is 29.2 Å². The van der Waals surface area contributed by atoms with Crippen LogP contribution in [-0.4, -0.2) is 57.4 Å². The minimum atomic E-state index is -5.08. The Hall–Kier alpha value is -2.40. The number of aliphatic carboxylic acids is 1. The quantitative estimate of drug-likeness (QED) is 0.798. The normalized spacial score (nSPS) is 16.9. The van der Waals surface area contributed by atoms with Gasteiger partial charge in [-0.1, -0.05) is 5.16 Å². The van der Waals surface area contributed by atoms with Crippen LogP contribution in [0.3, 0.4) is 0 Å². The standard InChI is InChI=1S/C16H24N4O2.C2HF3O2/c1-5-20-16-9-19(8-15-11(2)18-22-12(15)3)7-13(10-21-4)14(16)6-17-20;3-2(4,5)1(6)7/h6,13H,5,7-10H2,1-4H3;(H,6,7). The molecule has 1 N–H and O–H groups in total. The Labute approximate surface area is 166 Å². The Bertz CT molecular complexity index is 812. The number of aryl methyl sites for hydroxylation is 3. The molecular weight excluding hydrogens is 393 g/mol. The van der Waals surface area contributed by atoms with Gasteiger partial charge in [-0.3, -0.25) is 9.58 Å². The van der Waals surface area contributed by atoms with E-state index < -0.39 is 12.1 Å². The summed E-state index contributed by atoms with van der Waals surface area (Å²) < 4.78 is 44.5. The number of nitrogens with zero attached hydrogens (tertiary/aromatic N) is 4. The van der Waals surface area contributed by atoms with Crippen molar-refractivity contribution >= 4 is 5.97 Å². The van der Waals surface area contributed by atoms with Crippen LogP contribution in [0, 0.1) is 13.8 Å². The van der Waals surface area contributed by atoms with E-state index in [1.165, 1.54) is 16.8 Å². The molecule has 0 saturated carbocycles. The van der Waals surface area contributed by atoms with Crippen LogP contribution in [0.1, 0.15) is 41.1 Å². The van der Waals surface area contributed by atoms with E-state index in [1.54, 1.807) is 7.11 Å². The van der Waals surface area contributed by atoms with Gasteiger partial charge < -0.3 is 14.4 Å². The Morgan fingerprint density at radius 1 is 1.41 bits per heavy atom. The van der Waals surface area contributed by atoms with Gasteiger partial charge in [0.05, 0.1) is 24.2 Å². The Balaban J connectivity index is 0.000000370. The maximum atomic E-state index is 10.6. The number of rotatable bonds is 5. The molecule has 1 atom stereocenters. The van der Waals surface area contributed by atoms with Crippen molar-refractivity contribution in [2.24, 2.45) is 0 Å². The smallest absolute Gasteiger partial charge is 0.475 e. The minimum Gasteiger partial charge on any atom is -0.475 e. The number of hydrogen-bond donors (Lipinski definition) is 1. The monoisotopic (exact) mass is 418 g/mol. The molecule has 29 heavy (non-hydrogen) atoms. The molecule has 0 fully saturated rings. The topological polar surface area (TPSA) is 93.6 Å². The molecule has 3 rings (SSSR count). The molecule has 8 nitrogen and oxygen atoms in total. The third kappa shape index (κ3) is 5.57. The maximum Gasteiger partial charge on any atom is 0.490 e. The third-order valence-electron chi connectivity index (χ3n) is 4.75. The number of carboxylic acids is 1. The van der Waals surface area contributed by atoms with Crippen molar-refractivity contribution in [3.8, 4) is 0 Å². The number of hydrogen-bond acceptors (Lipinski definition) is 6. The SMILES string of the molecule is CCn1ncc2c1CN(Cc1c(C)noc1C)CC2COC.O=C(O)C(F)(F)F. The summed E-state index contributed by atoms with van der Waals surface area (Å²) in [6.45, 7) is 10.5. The number of fused-ring (bicyclic) bond motifs is 1. The second kappa shape index (κ2) is 9.40. The van der Waals surface area contributed by atoms with E-state index in [4.69, 9.17) is 19.2 Å². The van der Waals surface area contributed by atoms with E-state index in [-0.39, 0.29) is 0 Å². The first-order valence-electron chi connectivity index (χ1n) is 9.06. The molecule has 2 aromatic heterocycles. The number of alkyl halides is 3. The van der Waals surface area contributed by atoms with Crippen LogP contribution < -0.4 is 0 Å². The second-order valence-electron chi connectivity index (χ2n) is 6.79. The van der Waals surface area contributed by atoms with Crippen LogP contribution in [0.4, 0.5) is 13.2 Å². The number of ether oxygens (including phenoxy) is 1. The van der Waals surface area contributed by atoms with Gasteiger partial charge in [0.25, 0.3) is 0 Å². The second-order valence-corrected chi connectivity index (χ2v) is 6.79. The van der Waals surface area contributed by atoms with E-state index in [9.17, 15) is 13.2 Å². The van der Waals surface area contributed by atoms with E-state index >= 15 is 0 Å². The highest BCUT2D eigenvalue weighted by molar-refractivity contribution is 5.73. The van der Waals surface area contributed by atoms with Crippen LogP contribution >= 0.6 is 0 Å². The number of halogens is 3. The van der Waals surface area contributed by atoms with E-state index in [0.717, 1.165) is 44.2 Å². The van der Waals surface area contributed by atoms with Crippen LogP contribution in [0.25, 0.3) is 0 Å². The summed E-state index contributed by atoms with van der Waals surface area (Å²) in [5.41, 5.74) is 4.82. The number of carboxylic acid groups (broad SMARTS) is 1. The fourth-order valence-corrected chi connectivity index (χ4v) is 3.31. The molecule has 0 bridgehead atoms. The van der Waals surface area contributed by atoms with Crippen molar-refractivity contribution in [1.82, 2.24) is 19.8 Å². The van der Waals surface area contributed by atoms with Crippen molar-refractivity contribution in [3.63, 3.8) is 0 Å². The molecule has 2 aromatic rings. The molecule has 0 aromatic carbocycles. The van der Waals surface area contributed by atoms with Gasteiger partial charge in [0, 0.05) is 50.3 Å². The minimum absolute atomic E-state index is 0.370. The van der Waals surface area contributed by atoms with Gasteiger partial charge in [0.15, 0.2) is 0 Å².